The SMILES string of the molecule is C[SiH](C)N[SiH](C)C. The summed E-state index contributed by atoms with van der Waals surface area (Å²) in [6.07, 6.45) is 0. The Balaban J connectivity index is 2.95. The minimum atomic E-state index is -0.417. The minimum absolute atomic E-state index is 0.417. The van der Waals surface area contributed by atoms with Crippen LogP contribution < -0.4 is 4.65 Å². The number of nitrogens with one attached hydrogen (secondary N) is 1. The molecule has 3 heteroatoms. The summed E-state index contributed by atoms with van der Waals surface area (Å²) < 4.78 is 3.58. The second kappa shape index (κ2) is 3.40. The highest BCUT2D eigenvalue weighted by atomic mass is 28.3. The maximum atomic E-state index is 3.58. The van der Waals surface area contributed by atoms with Crippen LogP contribution in [0.1, 0.15) is 0 Å². The normalized spacial score (nSPS) is 11.1. The van der Waals surface area contributed by atoms with Crippen LogP contribution in [0, 0.1) is 0 Å². The van der Waals surface area contributed by atoms with Gasteiger partial charge < -0.3 is 4.65 Å². The van der Waals surface area contributed by atoms with Crippen molar-refractivity contribution in [1.29, 1.82) is 0 Å². The van der Waals surface area contributed by atoms with Crippen LogP contribution in [0.3, 0.4) is 0 Å². The Bertz CT molecular complexity index is 39.0. The van der Waals surface area contributed by atoms with Crippen molar-refractivity contribution in [1.82, 2.24) is 4.65 Å². The third-order valence-electron chi connectivity index (χ3n) is 0.667. The van der Waals surface area contributed by atoms with Crippen LogP contribution in [0.25, 0.3) is 0 Å². The Morgan fingerprint density at radius 3 is 1.14 bits per heavy atom. The molecule has 0 rings (SSSR count). The standard InChI is InChI=1S/C4H15NSi2/c1-6(2)5-7(3)4/h5-7H,1-4H3. The van der Waals surface area contributed by atoms with Crippen molar-refractivity contribution < 1.29 is 0 Å². The summed E-state index contributed by atoms with van der Waals surface area (Å²) in [5.74, 6) is 0. The van der Waals surface area contributed by atoms with E-state index < -0.39 is 17.9 Å². The van der Waals surface area contributed by atoms with E-state index in [1.807, 2.05) is 0 Å². The first-order chi connectivity index (χ1) is 3.13. The van der Waals surface area contributed by atoms with Gasteiger partial charge in [-0.3, -0.25) is 0 Å². The zero-order chi connectivity index (χ0) is 5.86. The molecule has 44 valence electrons. The maximum absolute atomic E-state index is 3.58. The van der Waals surface area contributed by atoms with Gasteiger partial charge in [0.25, 0.3) is 0 Å². The van der Waals surface area contributed by atoms with Gasteiger partial charge in [-0.05, 0) is 0 Å². The van der Waals surface area contributed by atoms with Gasteiger partial charge in [0.2, 0.25) is 0 Å². The lowest BCUT2D eigenvalue weighted by Gasteiger charge is -2.07. The van der Waals surface area contributed by atoms with Gasteiger partial charge in [0.1, 0.15) is 0 Å². The second-order valence-electron chi connectivity index (χ2n) is 2.48. The van der Waals surface area contributed by atoms with Gasteiger partial charge in [0.05, 0.1) is 17.9 Å². The first-order valence-electron chi connectivity index (χ1n) is 2.89. The molecule has 0 saturated carbocycles. The summed E-state index contributed by atoms with van der Waals surface area (Å²) in [4.78, 5) is 0. The number of rotatable bonds is 2. The van der Waals surface area contributed by atoms with E-state index >= 15 is 0 Å². The Morgan fingerprint density at radius 1 is 0.857 bits per heavy atom. The molecule has 0 aliphatic heterocycles. The molecule has 0 saturated heterocycles. The number of hydrogen-bond donors (Lipinski definition) is 1. The molecule has 0 unspecified atom stereocenters. The smallest absolute Gasteiger partial charge is 0.0953 e. The molecular weight excluding hydrogens is 118 g/mol. The molecule has 0 radical (unpaired) electrons. The van der Waals surface area contributed by atoms with E-state index in [1.54, 1.807) is 0 Å². The highest BCUT2D eigenvalue weighted by molar-refractivity contribution is 6.70. The highest BCUT2D eigenvalue weighted by Crippen LogP contribution is 1.75. The van der Waals surface area contributed by atoms with Gasteiger partial charge >= 0.3 is 0 Å². The first-order valence-corrected chi connectivity index (χ1v) is 8.66. The topological polar surface area (TPSA) is 12.0 Å². The van der Waals surface area contributed by atoms with Crippen LogP contribution in [0.15, 0.2) is 0 Å². The molecule has 0 spiro atoms. The van der Waals surface area contributed by atoms with E-state index in [0.29, 0.717) is 0 Å². The van der Waals surface area contributed by atoms with Crippen molar-refractivity contribution in [3.63, 3.8) is 0 Å². The van der Waals surface area contributed by atoms with Crippen molar-refractivity contribution in [3.05, 3.63) is 0 Å². The van der Waals surface area contributed by atoms with Gasteiger partial charge in [0.15, 0.2) is 0 Å². The monoisotopic (exact) mass is 133 g/mol. The molecule has 0 fully saturated rings. The van der Waals surface area contributed by atoms with Gasteiger partial charge in [-0.2, -0.15) is 0 Å². The second-order valence-corrected chi connectivity index (χ2v) is 8.43. The summed E-state index contributed by atoms with van der Waals surface area (Å²) in [7, 11) is -0.833. The zero-order valence-corrected chi connectivity index (χ0v) is 7.96. The highest BCUT2D eigenvalue weighted by Gasteiger charge is 1.96. The van der Waals surface area contributed by atoms with Gasteiger partial charge in [0, 0.05) is 0 Å². The van der Waals surface area contributed by atoms with Crippen molar-refractivity contribution in [2.75, 3.05) is 0 Å². The average molecular weight is 133 g/mol. The lowest BCUT2D eigenvalue weighted by molar-refractivity contribution is 1.44. The molecule has 0 aromatic rings. The lowest BCUT2D eigenvalue weighted by atomic mass is 11.9. The molecule has 7 heavy (non-hydrogen) atoms. The van der Waals surface area contributed by atoms with Gasteiger partial charge in [-0.25, -0.2) is 0 Å². The summed E-state index contributed by atoms with van der Waals surface area (Å²) >= 11 is 0. The Hall–Kier alpha value is 0.394. The van der Waals surface area contributed by atoms with E-state index in [9.17, 15) is 0 Å². The zero-order valence-electron chi connectivity index (χ0n) is 5.65. The largest absolute Gasteiger partial charge is 0.365 e. The summed E-state index contributed by atoms with van der Waals surface area (Å²) in [6, 6.07) is 0. The Morgan fingerprint density at radius 2 is 1.14 bits per heavy atom. The molecule has 0 aromatic carbocycles. The van der Waals surface area contributed by atoms with Crippen LogP contribution >= 0.6 is 0 Å². The molecule has 1 N–H and O–H groups in total. The van der Waals surface area contributed by atoms with Crippen LogP contribution in [0.4, 0.5) is 0 Å². The Kier molecular flexibility index (Phi) is 3.59. The van der Waals surface area contributed by atoms with E-state index in [0.717, 1.165) is 0 Å². The molecular formula is C4H15NSi2. The fourth-order valence-corrected chi connectivity index (χ4v) is 6.00. The third-order valence-corrected chi connectivity index (χ3v) is 6.00. The fraction of sp³-hybridized carbons (Fsp3) is 1.00. The molecule has 0 bridgehead atoms. The van der Waals surface area contributed by atoms with Crippen LogP contribution in [-0.2, 0) is 0 Å². The molecule has 0 aliphatic carbocycles. The Labute approximate surface area is 49.5 Å². The summed E-state index contributed by atoms with van der Waals surface area (Å²) in [6.45, 7) is 9.31. The number of hydrogen-bond acceptors (Lipinski definition) is 1. The van der Waals surface area contributed by atoms with Crippen LogP contribution in [0.2, 0.25) is 26.2 Å². The quantitative estimate of drug-likeness (QED) is 0.542. The third kappa shape index (κ3) is 6.39. The van der Waals surface area contributed by atoms with Gasteiger partial charge in [-0.15, -0.1) is 0 Å². The molecule has 0 atom stereocenters. The molecule has 0 amide bonds. The molecule has 0 aromatic heterocycles. The molecule has 0 heterocycles. The molecule has 0 aliphatic rings. The van der Waals surface area contributed by atoms with Crippen LogP contribution in [-0.4, -0.2) is 17.9 Å². The molecule has 1 nitrogen and oxygen atoms in total. The van der Waals surface area contributed by atoms with Crippen molar-refractivity contribution in [2.24, 2.45) is 0 Å². The van der Waals surface area contributed by atoms with E-state index in [2.05, 4.69) is 30.8 Å². The minimum Gasteiger partial charge on any atom is -0.365 e. The van der Waals surface area contributed by atoms with Crippen molar-refractivity contribution in [3.8, 4) is 0 Å². The average Bonchev–Trinajstić information content (AvgIpc) is 1.27. The summed E-state index contributed by atoms with van der Waals surface area (Å²) in [5, 5.41) is 0. The van der Waals surface area contributed by atoms with Crippen molar-refractivity contribution >= 4 is 17.9 Å². The maximum Gasteiger partial charge on any atom is 0.0953 e. The van der Waals surface area contributed by atoms with E-state index in [1.165, 1.54) is 0 Å². The van der Waals surface area contributed by atoms with E-state index in [-0.39, 0.29) is 0 Å². The predicted molar refractivity (Wildman–Crippen MR) is 40.9 cm³/mol. The lowest BCUT2D eigenvalue weighted by Crippen LogP contribution is -2.36. The van der Waals surface area contributed by atoms with E-state index in [4.69, 9.17) is 0 Å². The first kappa shape index (κ1) is 7.39. The summed E-state index contributed by atoms with van der Waals surface area (Å²) in [5.41, 5.74) is 0. The predicted octanol–water partition coefficient (Wildman–Crippen LogP) is 0.543. The van der Waals surface area contributed by atoms with Gasteiger partial charge in [-0.1, -0.05) is 26.2 Å². The van der Waals surface area contributed by atoms with Crippen molar-refractivity contribution in [2.45, 2.75) is 26.2 Å². The van der Waals surface area contributed by atoms with Crippen LogP contribution in [0.5, 0.6) is 0 Å². The fourth-order valence-electron chi connectivity index (χ4n) is 0.667.